The lowest BCUT2D eigenvalue weighted by Gasteiger charge is -2.26. The first-order chi connectivity index (χ1) is 5.77. The summed E-state index contributed by atoms with van der Waals surface area (Å²) in [5, 5.41) is 5.84. The molecule has 0 aromatic carbocycles. The molecule has 0 aliphatic carbocycles. The molecule has 1 atom stereocenters. The molecule has 0 bridgehead atoms. The van der Waals surface area contributed by atoms with Crippen LogP contribution in [0.4, 0.5) is 0 Å². The Morgan fingerprint density at radius 3 is 2.83 bits per heavy atom. The van der Waals surface area contributed by atoms with Crippen LogP contribution in [0.15, 0.2) is 0 Å². The molecule has 0 aromatic rings. The maximum Gasteiger partial charge on any atom is 0.226 e. The summed E-state index contributed by atoms with van der Waals surface area (Å²) in [7, 11) is 0. The van der Waals surface area contributed by atoms with Gasteiger partial charge in [0.1, 0.15) is 0 Å². The van der Waals surface area contributed by atoms with Crippen molar-refractivity contribution in [1.29, 1.82) is 0 Å². The van der Waals surface area contributed by atoms with Gasteiger partial charge in [0.05, 0.1) is 12.0 Å². The number of amides is 1. The highest BCUT2D eigenvalue weighted by Crippen LogP contribution is 2.03. The third-order valence-electron chi connectivity index (χ3n) is 2.08. The molecular formula is C9H14N2O. The molecule has 2 N–H and O–H groups in total. The van der Waals surface area contributed by atoms with Gasteiger partial charge in [0.25, 0.3) is 0 Å². The molecule has 1 rings (SSSR count). The molecule has 0 saturated carbocycles. The van der Waals surface area contributed by atoms with E-state index < -0.39 is 0 Å². The Kier molecular flexibility index (Phi) is 3.12. The molecule has 3 nitrogen and oxygen atoms in total. The van der Waals surface area contributed by atoms with Crippen LogP contribution in [-0.2, 0) is 4.79 Å². The SMILES string of the molecule is C#CC(CC)NC(=O)C1CNC1. The first kappa shape index (κ1) is 9.08. The van der Waals surface area contributed by atoms with Crippen molar-refractivity contribution in [3.05, 3.63) is 0 Å². The zero-order valence-electron chi connectivity index (χ0n) is 7.26. The van der Waals surface area contributed by atoms with E-state index in [1.54, 1.807) is 0 Å². The molecule has 1 heterocycles. The van der Waals surface area contributed by atoms with E-state index in [0.717, 1.165) is 19.5 Å². The number of hydrogen-bond acceptors (Lipinski definition) is 2. The van der Waals surface area contributed by atoms with Crippen LogP contribution in [-0.4, -0.2) is 25.0 Å². The van der Waals surface area contributed by atoms with Crippen molar-refractivity contribution in [2.24, 2.45) is 5.92 Å². The molecule has 1 unspecified atom stereocenters. The van der Waals surface area contributed by atoms with Crippen molar-refractivity contribution in [2.45, 2.75) is 19.4 Å². The standard InChI is InChI=1S/C9H14N2O/c1-3-8(4-2)11-9(12)7-5-10-6-7/h1,7-8,10H,4-6H2,2H3,(H,11,12). The number of rotatable bonds is 3. The first-order valence-electron chi connectivity index (χ1n) is 4.25. The molecule has 1 amide bonds. The number of carbonyl (C=O) groups excluding carboxylic acids is 1. The molecule has 0 radical (unpaired) electrons. The van der Waals surface area contributed by atoms with Crippen molar-refractivity contribution in [3.8, 4) is 12.3 Å². The summed E-state index contributed by atoms with van der Waals surface area (Å²) in [6, 6.07) is -0.0990. The molecule has 1 saturated heterocycles. The monoisotopic (exact) mass is 166 g/mol. The van der Waals surface area contributed by atoms with Crippen molar-refractivity contribution >= 4 is 5.91 Å². The fourth-order valence-corrected chi connectivity index (χ4v) is 1.03. The Labute approximate surface area is 72.9 Å². The largest absolute Gasteiger partial charge is 0.342 e. The van der Waals surface area contributed by atoms with Gasteiger partial charge in [-0.2, -0.15) is 0 Å². The molecule has 1 aliphatic rings. The van der Waals surface area contributed by atoms with Gasteiger partial charge in [-0.15, -0.1) is 6.42 Å². The summed E-state index contributed by atoms with van der Waals surface area (Å²) in [5.41, 5.74) is 0. The van der Waals surface area contributed by atoms with Gasteiger partial charge in [-0.3, -0.25) is 4.79 Å². The maximum atomic E-state index is 11.3. The van der Waals surface area contributed by atoms with Gasteiger partial charge >= 0.3 is 0 Å². The van der Waals surface area contributed by atoms with E-state index in [2.05, 4.69) is 16.6 Å². The molecule has 0 aromatic heterocycles. The van der Waals surface area contributed by atoms with Crippen molar-refractivity contribution in [2.75, 3.05) is 13.1 Å². The Bertz CT molecular complexity index is 203. The molecule has 0 spiro atoms. The number of hydrogen-bond donors (Lipinski definition) is 2. The van der Waals surface area contributed by atoms with Crippen LogP contribution >= 0.6 is 0 Å². The second kappa shape index (κ2) is 4.13. The van der Waals surface area contributed by atoms with Gasteiger partial charge in [-0.25, -0.2) is 0 Å². The minimum Gasteiger partial charge on any atom is -0.342 e. The van der Waals surface area contributed by atoms with Gasteiger partial charge in [0.15, 0.2) is 0 Å². The quantitative estimate of drug-likeness (QED) is 0.567. The van der Waals surface area contributed by atoms with Crippen molar-refractivity contribution in [1.82, 2.24) is 10.6 Å². The van der Waals surface area contributed by atoms with E-state index in [9.17, 15) is 4.79 Å². The van der Waals surface area contributed by atoms with Gasteiger partial charge < -0.3 is 10.6 Å². The molecule has 1 fully saturated rings. The summed E-state index contributed by atoms with van der Waals surface area (Å²) in [6.07, 6.45) is 6.00. The Morgan fingerprint density at radius 2 is 2.50 bits per heavy atom. The van der Waals surface area contributed by atoms with Gasteiger partial charge in [-0.1, -0.05) is 12.8 Å². The van der Waals surface area contributed by atoms with Crippen LogP contribution < -0.4 is 10.6 Å². The lowest BCUT2D eigenvalue weighted by molar-refractivity contribution is -0.126. The third kappa shape index (κ3) is 1.99. The van der Waals surface area contributed by atoms with E-state index in [1.165, 1.54) is 0 Å². The van der Waals surface area contributed by atoms with Crippen LogP contribution in [0.1, 0.15) is 13.3 Å². The fraction of sp³-hybridized carbons (Fsp3) is 0.667. The van der Waals surface area contributed by atoms with Crippen LogP contribution in [0, 0.1) is 18.3 Å². The Morgan fingerprint density at radius 1 is 1.83 bits per heavy atom. The number of nitrogens with one attached hydrogen (secondary N) is 2. The molecular weight excluding hydrogens is 152 g/mol. The second-order valence-corrected chi connectivity index (χ2v) is 2.99. The Hall–Kier alpha value is -1.01. The van der Waals surface area contributed by atoms with Gasteiger partial charge in [0.2, 0.25) is 5.91 Å². The topological polar surface area (TPSA) is 41.1 Å². The average Bonchev–Trinajstić information content (AvgIpc) is 1.96. The predicted octanol–water partition coefficient (Wildman–Crippen LogP) is -0.266. The van der Waals surface area contributed by atoms with E-state index >= 15 is 0 Å². The van der Waals surface area contributed by atoms with Crippen molar-refractivity contribution < 1.29 is 4.79 Å². The first-order valence-corrected chi connectivity index (χ1v) is 4.25. The predicted molar refractivity (Wildman–Crippen MR) is 47.4 cm³/mol. The summed E-state index contributed by atoms with van der Waals surface area (Å²) in [4.78, 5) is 11.3. The van der Waals surface area contributed by atoms with Gasteiger partial charge in [-0.05, 0) is 6.42 Å². The lowest BCUT2D eigenvalue weighted by atomic mass is 10.0. The number of carbonyl (C=O) groups is 1. The third-order valence-corrected chi connectivity index (χ3v) is 2.08. The van der Waals surface area contributed by atoms with Crippen LogP contribution in [0.25, 0.3) is 0 Å². The van der Waals surface area contributed by atoms with E-state index in [-0.39, 0.29) is 17.9 Å². The highest BCUT2D eigenvalue weighted by molar-refractivity contribution is 5.80. The normalized spacial score (nSPS) is 19.0. The summed E-state index contributed by atoms with van der Waals surface area (Å²) in [5.74, 6) is 2.75. The highest BCUT2D eigenvalue weighted by atomic mass is 16.2. The van der Waals surface area contributed by atoms with E-state index in [0.29, 0.717) is 0 Å². The lowest BCUT2D eigenvalue weighted by Crippen LogP contribution is -2.52. The molecule has 1 aliphatic heterocycles. The number of terminal acetylenes is 1. The zero-order valence-corrected chi connectivity index (χ0v) is 7.26. The van der Waals surface area contributed by atoms with Crippen LogP contribution in [0.3, 0.4) is 0 Å². The molecule has 66 valence electrons. The smallest absolute Gasteiger partial charge is 0.226 e. The second-order valence-electron chi connectivity index (χ2n) is 2.99. The zero-order chi connectivity index (χ0) is 8.97. The Balaban J connectivity index is 2.29. The van der Waals surface area contributed by atoms with Crippen LogP contribution in [0.2, 0.25) is 0 Å². The maximum absolute atomic E-state index is 11.3. The summed E-state index contributed by atoms with van der Waals surface area (Å²) in [6.45, 7) is 3.53. The van der Waals surface area contributed by atoms with E-state index in [4.69, 9.17) is 6.42 Å². The summed E-state index contributed by atoms with van der Waals surface area (Å²) >= 11 is 0. The minimum absolute atomic E-state index is 0.0820. The summed E-state index contributed by atoms with van der Waals surface area (Å²) < 4.78 is 0. The van der Waals surface area contributed by atoms with E-state index in [1.807, 2.05) is 6.92 Å². The van der Waals surface area contributed by atoms with Gasteiger partial charge in [0, 0.05) is 13.1 Å². The molecule has 12 heavy (non-hydrogen) atoms. The molecule has 3 heteroatoms. The van der Waals surface area contributed by atoms with Crippen LogP contribution in [0.5, 0.6) is 0 Å². The highest BCUT2D eigenvalue weighted by Gasteiger charge is 2.25. The fourth-order valence-electron chi connectivity index (χ4n) is 1.03. The average molecular weight is 166 g/mol. The minimum atomic E-state index is -0.0990. The van der Waals surface area contributed by atoms with Crippen molar-refractivity contribution in [3.63, 3.8) is 0 Å².